The molecule has 0 N–H and O–H groups in total. The van der Waals surface area contributed by atoms with Gasteiger partial charge in [-0.05, 0) is 77.9 Å². The first-order chi connectivity index (χ1) is 10.1. The molecule has 0 saturated heterocycles. The second-order valence-electron chi connectivity index (χ2n) is 8.34. The van der Waals surface area contributed by atoms with Gasteiger partial charge in [0.15, 0.2) is 0 Å². The first-order valence-electron chi connectivity index (χ1n) is 8.84. The zero-order valence-corrected chi connectivity index (χ0v) is 13.7. The maximum atomic E-state index is 2.53. The average Bonchev–Trinajstić information content (AvgIpc) is 2.89. The van der Waals surface area contributed by atoms with Crippen molar-refractivity contribution in [1.29, 1.82) is 0 Å². The Hall–Kier alpha value is -1.04. The number of rotatable bonds is 3. The van der Waals surface area contributed by atoms with E-state index in [0.29, 0.717) is 5.41 Å². The van der Waals surface area contributed by atoms with E-state index in [0.717, 1.165) is 30.1 Å². The third-order valence-corrected chi connectivity index (χ3v) is 7.23. The maximum absolute atomic E-state index is 2.53. The molecule has 0 amide bonds. The summed E-state index contributed by atoms with van der Waals surface area (Å²) >= 11 is 0. The molecule has 5 rings (SSSR count). The van der Waals surface area contributed by atoms with Gasteiger partial charge in [-0.3, -0.25) is 0 Å². The Bertz CT molecular complexity index is 577. The van der Waals surface area contributed by atoms with Gasteiger partial charge in [0.25, 0.3) is 0 Å². The number of benzene rings is 1. The van der Waals surface area contributed by atoms with Gasteiger partial charge < -0.3 is 0 Å². The van der Waals surface area contributed by atoms with Gasteiger partial charge in [0.1, 0.15) is 0 Å². The average molecular weight is 280 g/mol. The van der Waals surface area contributed by atoms with Crippen molar-refractivity contribution in [3.63, 3.8) is 0 Å². The van der Waals surface area contributed by atoms with Crippen LogP contribution in [0.15, 0.2) is 30.3 Å². The van der Waals surface area contributed by atoms with Crippen LogP contribution in [0.5, 0.6) is 0 Å². The van der Waals surface area contributed by atoms with E-state index < -0.39 is 0 Å². The number of hydrogen-bond donors (Lipinski definition) is 0. The van der Waals surface area contributed by atoms with Crippen LogP contribution in [0, 0.1) is 29.1 Å². The van der Waals surface area contributed by atoms with Crippen molar-refractivity contribution in [2.45, 2.75) is 52.9 Å². The zero-order chi connectivity index (χ0) is 14.6. The fraction of sp³-hybridized carbons (Fsp3) is 0.619. The lowest BCUT2D eigenvalue weighted by Gasteiger charge is -2.62. The summed E-state index contributed by atoms with van der Waals surface area (Å²) in [4.78, 5) is 0. The summed E-state index contributed by atoms with van der Waals surface area (Å²) in [6.07, 6.45) is 9.33. The highest BCUT2D eigenvalue weighted by atomic mass is 14.6. The van der Waals surface area contributed by atoms with E-state index in [2.05, 4.69) is 51.1 Å². The van der Waals surface area contributed by atoms with Crippen LogP contribution >= 0.6 is 0 Å². The van der Waals surface area contributed by atoms with Crippen LogP contribution in [0.25, 0.3) is 5.57 Å². The van der Waals surface area contributed by atoms with Gasteiger partial charge in [0.05, 0.1) is 0 Å². The Morgan fingerprint density at radius 3 is 2.71 bits per heavy atom. The van der Waals surface area contributed by atoms with Gasteiger partial charge in [-0.25, -0.2) is 0 Å². The fourth-order valence-corrected chi connectivity index (χ4v) is 5.57. The molecule has 3 fully saturated rings. The molecular weight excluding hydrogens is 252 g/mol. The molecule has 0 unspecified atom stereocenters. The molecule has 4 aliphatic carbocycles. The summed E-state index contributed by atoms with van der Waals surface area (Å²) in [6, 6.07) is 8.98. The standard InChI is InChI=1S/C21H28/c1-14-17(12-18-13-20(14)21(18,2)3)11-10-16-9-8-15-6-4-5-7-19(15)16/h4-7,9,14,17-18,20H,8,10-13H2,1-3H3/t14-,17+,18+,20+/m1/s1. The van der Waals surface area contributed by atoms with E-state index in [4.69, 9.17) is 0 Å². The molecule has 0 aromatic heterocycles. The molecule has 0 spiro atoms. The third kappa shape index (κ3) is 2.02. The summed E-state index contributed by atoms with van der Waals surface area (Å²) in [7, 11) is 0. The van der Waals surface area contributed by atoms with E-state index in [1.54, 1.807) is 5.57 Å². The minimum atomic E-state index is 0.634. The van der Waals surface area contributed by atoms with Crippen molar-refractivity contribution in [2.24, 2.45) is 29.1 Å². The second-order valence-corrected chi connectivity index (χ2v) is 8.34. The van der Waals surface area contributed by atoms with Gasteiger partial charge in [-0.15, -0.1) is 0 Å². The molecule has 3 saturated carbocycles. The smallest absolute Gasteiger partial charge is 0.00854 e. The highest BCUT2D eigenvalue weighted by Gasteiger charge is 2.55. The van der Waals surface area contributed by atoms with Crippen LogP contribution in [0.1, 0.15) is 57.6 Å². The van der Waals surface area contributed by atoms with Crippen LogP contribution in [-0.4, -0.2) is 0 Å². The van der Waals surface area contributed by atoms with E-state index >= 15 is 0 Å². The van der Waals surface area contributed by atoms with Crippen LogP contribution in [-0.2, 0) is 6.42 Å². The molecule has 0 aliphatic heterocycles. The first-order valence-corrected chi connectivity index (χ1v) is 8.84. The topological polar surface area (TPSA) is 0 Å². The lowest BCUT2D eigenvalue weighted by atomic mass is 9.43. The Balaban J connectivity index is 1.41. The summed E-state index contributed by atoms with van der Waals surface area (Å²) in [5, 5.41) is 0. The molecule has 112 valence electrons. The molecule has 1 aromatic rings. The van der Waals surface area contributed by atoms with E-state index in [1.165, 1.54) is 36.8 Å². The Labute approximate surface area is 129 Å². The third-order valence-electron chi connectivity index (χ3n) is 7.23. The second kappa shape index (κ2) is 4.73. The van der Waals surface area contributed by atoms with Gasteiger partial charge in [-0.1, -0.05) is 51.1 Å². The van der Waals surface area contributed by atoms with Gasteiger partial charge in [-0.2, -0.15) is 0 Å². The minimum Gasteiger partial charge on any atom is -0.0763 e. The normalized spacial score (nSPS) is 35.9. The largest absolute Gasteiger partial charge is 0.0763 e. The summed E-state index contributed by atoms with van der Waals surface area (Å²) in [6.45, 7) is 7.55. The van der Waals surface area contributed by atoms with Crippen molar-refractivity contribution in [3.8, 4) is 0 Å². The van der Waals surface area contributed by atoms with Gasteiger partial charge >= 0.3 is 0 Å². The number of hydrogen-bond acceptors (Lipinski definition) is 0. The quantitative estimate of drug-likeness (QED) is 0.664. The molecule has 2 bridgehead atoms. The predicted molar refractivity (Wildman–Crippen MR) is 90.0 cm³/mol. The van der Waals surface area contributed by atoms with Crippen molar-refractivity contribution in [2.75, 3.05) is 0 Å². The Kier molecular flexibility index (Phi) is 3.07. The van der Waals surface area contributed by atoms with E-state index in [-0.39, 0.29) is 0 Å². The Morgan fingerprint density at radius 1 is 1.14 bits per heavy atom. The number of allylic oxidation sites excluding steroid dienone is 2. The summed E-state index contributed by atoms with van der Waals surface area (Å²) < 4.78 is 0. The molecular formula is C21H28. The monoisotopic (exact) mass is 280 g/mol. The first kappa shape index (κ1) is 13.6. The van der Waals surface area contributed by atoms with Crippen LogP contribution in [0.2, 0.25) is 0 Å². The summed E-state index contributed by atoms with van der Waals surface area (Å²) in [5.74, 6) is 3.90. The van der Waals surface area contributed by atoms with Crippen LogP contribution in [0.3, 0.4) is 0 Å². The van der Waals surface area contributed by atoms with Crippen molar-refractivity contribution in [1.82, 2.24) is 0 Å². The van der Waals surface area contributed by atoms with E-state index in [9.17, 15) is 0 Å². The molecule has 1 aromatic carbocycles. The molecule has 0 nitrogen and oxygen atoms in total. The molecule has 0 radical (unpaired) electrons. The maximum Gasteiger partial charge on any atom is -0.00854 e. The summed E-state index contributed by atoms with van der Waals surface area (Å²) in [5.41, 5.74) is 5.32. The van der Waals surface area contributed by atoms with Crippen molar-refractivity contribution >= 4 is 5.57 Å². The fourth-order valence-electron chi connectivity index (χ4n) is 5.57. The molecule has 0 heterocycles. The molecule has 4 atom stereocenters. The lowest BCUT2D eigenvalue weighted by molar-refractivity contribution is -0.129. The van der Waals surface area contributed by atoms with Crippen molar-refractivity contribution < 1.29 is 0 Å². The molecule has 4 aliphatic rings. The van der Waals surface area contributed by atoms with Crippen LogP contribution < -0.4 is 0 Å². The zero-order valence-electron chi connectivity index (χ0n) is 13.7. The predicted octanol–water partition coefficient (Wildman–Crippen LogP) is 5.72. The lowest BCUT2D eigenvalue weighted by Crippen LogP contribution is -2.54. The minimum absolute atomic E-state index is 0.634. The van der Waals surface area contributed by atoms with Gasteiger partial charge in [0, 0.05) is 0 Å². The highest BCUT2D eigenvalue weighted by molar-refractivity contribution is 5.72. The van der Waals surface area contributed by atoms with Crippen LogP contribution in [0.4, 0.5) is 0 Å². The number of fused-ring (bicyclic) bond motifs is 3. The van der Waals surface area contributed by atoms with E-state index in [1.807, 2.05) is 0 Å². The SMILES string of the molecule is C[C@@H]1[C@@H](CCC2=CCc3ccccc32)C[C@H]2C[C@@H]1C2(C)C. The molecule has 21 heavy (non-hydrogen) atoms. The van der Waals surface area contributed by atoms with Crippen molar-refractivity contribution in [3.05, 3.63) is 41.5 Å². The Morgan fingerprint density at radius 2 is 1.95 bits per heavy atom. The molecule has 0 heteroatoms. The van der Waals surface area contributed by atoms with Gasteiger partial charge in [0.2, 0.25) is 0 Å². The highest BCUT2D eigenvalue weighted by Crippen LogP contribution is 2.63.